The van der Waals surface area contributed by atoms with Crippen LogP contribution in [-0.4, -0.2) is 87.5 Å². The molecule has 1 atom stereocenters. The van der Waals surface area contributed by atoms with E-state index < -0.39 is 23.4 Å². The normalized spacial score (nSPS) is 17.0. The number of carbonyl (C=O) groups is 2. The molecule has 3 aromatic carbocycles. The molecule has 12 nitrogen and oxygen atoms in total. The van der Waals surface area contributed by atoms with Crippen molar-refractivity contribution in [3.05, 3.63) is 105 Å². The number of halogens is 1. The largest absolute Gasteiger partial charge is 0.493 e. The van der Waals surface area contributed by atoms with Gasteiger partial charge in [-0.3, -0.25) is 19.5 Å². The number of aromatic nitrogens is 1. The SMILES string of the molecule is Cc1c(COc2cc(OCc3cncc(C#N)c3)c(CN3CCCC[C@H]3C(=O)O)cc2Cl)cccc1-c1cccc(OCCCN2CCC(CO)(C(=O)O)CC2)c1C. The number of aliphatic carboxylic acids is 2. The summed E-state index contributed by atoms with van der Waals surface area (Å²) in [5, 5.41) is 38.9. The molecule has 0 radical (unpaired) electrons. The molecule has 58 heavy (non-hydrogen) atoms. The third-order valence-electron chi connectivity index (χ3n) is 11.6. The van der Waals surface area contributed by atoms with Gasteiger partial charge < -0.3 is 34.4 Å². The Hall–Kier alpha value is -5.19. The minimum absolute atomic E-state index is 0.140. The molecule has 0 aliphatic carbocycles. The van der Waals surface area contributed by atoms with E-state index >= 15 is 0 Å². The van der Waals surface area contributed by atoms with Crippen LogP contribution in [0, 0.1) is 30.6 Å². The van der Waals surface area contributed by atoms with Gasteiger partial charge in [0.05, 0.1) is 29.2 Å². The number of carboxylic acid groups (broad SMARTS) is 2. The molecule has 4 aromatic rings. The first-order valence-corrected chi connectivity index (χ1v) is 20.2. The highest BCUT2D eigenvalue weighted by molar-refractivity contribution is 6.32. The van der Waals surface area contributed by atoms with Gasteiger partial charge in [-0.2, -0.15) is 5.26 Å². The second kappa shape index (κ2) is 19.5. The van der Waals surface area contributed by atoms with E-state index in [0.29, 0.717) is 79.7 Å². The van der Waals surface area contributed by atoms with E-state index in [-0.39, 0.29) is 19.8 Å². The van der Waals surface area contributed by atoms with Crippen LogP contribution in [-0.2, 0) is 29.3 Å². The molecule has 1 aromatic heterocycles. The molecule has 2 fully saturated rings. The molecule has 2 aliphatic rings. The number of piperidine rings is 2. The first-order valence-electron chi connectivity index (χ1n) is 19.8. The van der Waals surface area contributed by atoms with Crippen molar-refractivity contribution < 1.29 is 39.1 Å². The average molecular weight is 811 g/mol. The number of hydrogen-bond acceptors (Lipinski definition) is 10. The summed E-state index contributed by atoms with van der Waals surface area (Å²) in [4.78, 5) is 32.1. The van der Waals surface area contributed by atoms with Crippen molar-refractivity contribution in [1.82, 2.24) is 14.8 Å². The molecule has 0 amide bonds. The molecule has 3 N–H and O–H groups in total. The summed E-state index contributed by atoms with van der Waals surface area (Å²) in [6.45, 7) is 7.73. The maximum atomic E-state index is 12.1. The van der Waals surface area contributed by atoms with Gasteiger partial charge in [-0.15, -0.1) is 0 Å². The zero-order valence-corrected chi connectivity index (χ0v) is 33.8. The van der Waals surface area contributed by atoms with Crippen LogP contribution in [0.25, 0.3) is 11.1 Å². The molecule has 13 heteroatoms. The maximum absolute atomic E-state index is 12.1. The molecule has 0 spiro atoms. The van der Waals surface area contributed by atoms with Gasteiger partial charge in [0.25, 0.3) is 0 Å². The molecule has 2 saturated heterocycles. The summed E-state index contributed by atoms with van der Waals surface area (Å²) < 4.78 is 19.0. The number of rotatable bonds is 17. The van der Waals surface area contributed by atoms with Crippen molar-refractivity contribution in [2.75, 3.05) is 39.4 Å². The van der Waals surface area contributed by atoms with Crippen LogP contribution in [0.3, 0.4) is 0 Å². The average Bonchev–Trinajstić information content (AvgIpc) is 3.23. The summed E-state index contributed by atoms with van der Waals surface area (Å²) in [5.41, 5.74) is 5.99. The monoisotopic (exact) mass is 810 g/mol. The van der Waals surface area contributed by atoms with Crippen LogP contribution < -0.4 is 14.2 Å². The third kappa shape index (κ3) is 10.1. The standard InChI is InChI=1S/C45H51ClN4O8/c1-30-34(8-5-9-36(30)37-10-6-12-40(31(37)2)56-19-7-15-49-17-13-45(29-51,14-18-49)44(54)55)28-58-42-22-41(57-27-33-20-32(23-47)24-48-25-33)35(21-38(42)46)26-50-16-4-3-11-39(50)43(52)53/h5-6,8-10,12,20-22,24-25,39,51H,3-4,7,11,13-19,26-29H2,1-2H3,(H,52,53)(H,54,55)/t39-/m0/s1. The van der Waals surface area contributed by atoms with E-state index in [1.165, 1.54) is 6.20 Å². The predicted molar refractivity (Wildman–Crippen MR) is 219 cm³/mol. The summed E-state index contributed by atoms with van der Waals surface area (Å²) in [6, 6.07) is 18.9. The lowest BCUT2D eigenvalue weighted by atomic mass is 9.79. The van der Waals surface area contributed by atoms with Crippen LogP contribution in [0.15, 0.2) is 67.0 Å². The fourth-order valence-corrected chi connectivity index (χ4v) is 8.12. The van der Waals surface area contributed by atoms with Gasteiger partial charge >= 0.3 is 11.9 Å². The van der Waals surface area contributed by atoms with Gasteiger partial charge in [-0.05, 0) is 112 Å². The second-order valence-corrected chi connectivity index (χ2v) is 15.7. The van der Waals surface area contributed by atoms with E-state index in [2.05, 4.69) is 41.9 Å². The van der Waals surface area contributed by atoms with E-state index in [0.717, 1.165) is 64.9 Å². The fraction of sp³-hybridized carbons (Fsp3) is 0.422. The highest BCUT2D eigenvalue weighted by Gasteiger charge is 2.41. The number of aliphatic hydroxyl groups excluding tert-OH is 1. The van der Waals surface area contributed by atoms with E-state index in [9.17, 15) is 30.2 Å². The lowest BCUT2D eigenvalue weighted by molar-refractivity contribution is -0.155. The topological polar surface area (TPSA) is 166 Å². The number of carboxylic acids is 2. The molecular formula is C45H51ClN4O8. The van der Waals surface area contributed by atoms with E-state index in [1.54, 1.807) is 24.4 Å². The molecular weight excluding hydrogens is 760 g/mol. The Labute approximate surface area is 344 Å². The summed E-state index contributed by atoms with van der Waals surface area (Å²) >= 11 is 6.86. The summed E-state index contributed by atoms with van der Waals surface area (Å²) in [5.74, 6) is -0.0352. The lowest BCUT2D eigenvalue weighted by Gasteiger charge is -2.37. The van der Waals surface area contributed by atoms with Crippen LogP contribution in [0.5, 0.6) is 17.2 Å². The molecule has 0 bridgehead atoms. The van der Waals surface area contributed by atoms with Crippen LogP contribution in [0.2, 0.25) is 5.02 Å². The number of hydrogen-bond donors (Lipinski definition) is 3. The molecule has 306 valence electrons. The summed E-state index contributed by atoms with van der Waals surface area (Å²) in [7, 11) is 0. The molecule has 6 rings (SSSR count). The molecule has 3 heterocycles. The minimum Gasteiger partial charge on any atom is -0.493 e. The maximum Gasteiger partial charge on any atom is 0.320 e. The Balaban J connectivity index is 1.14. The highest BCUT2D eigenvalue weighted by atomic mass is 35.5. The van der Waals surface area contributed by atoms with Crippen LogP contribution in [0.1, 0.15) is 71.9 Å². The Morgan fingerprint density at radius 2 is 1.64 bits per heavy atom. The van der Waals surface area contributed by atoms with Crippen molar-refractivity contribution in [3.63, 3.8) is 0 Å². The van der Waals surface area contributed by atoms with Gasteiger partial charge in [0, 0.05) is 42.7 Å². The van der Waals surface area contributed by atoms with Crippen molar-refractivity contribution in [2.45, 2.75) is 78.2 Å². The molecule has 0 unspecified atom stereocenters. The molecule has 0 saturated carbocycles. The van der Waals surface area contributed by atoms with Gasteiger partial charge in [0.1, 0.15) is 42.6 Å². The van der Waals surface area contributed by atoms with E-state index in [1.807, 2.05) is 29.2 Å². The highest BCUT2D eigenvalue weighted by Crippen LogP contribution is 2.38. The summed E-state index contributed by atoms with van der Waals surface area (Å²) in [6.07, 6.45) is 7.14. The first-order chi connectivity index (χ1) is 28.0. The van der Waals surface area contributed by atoms with Crippen molar-refractivity contribution in [1.29, 1.82) is 5.26 Å². The Morgan fingerprint density at radius 3 is 2.36 bits per heavy atom. The first kappa shape index (κ1) is 42.4. The Morgan fingerprint density at radius 1 is 0.897 bits per heavy atom. The van der Waals surface area contributed by atoms with Crippen molar-refractivity contribution in [2.24, 2.45) is 5.41 Å². The zero-order valence-electron chi connectivity index (χ0n) is 33.1. The minimum atomic E-state index is -1.03. The number of ether oxygens (including phenoxy) is 3. The van der Waals surface area contributed by atoms with E-state index in [4.69, 9.17) is 25.8 Å². The Bertz CT molecular complexity index is 2130. The second-order valence-electron chi connectivity index (χ2n) is 15.3. The van der Waals surface area contributed by atoms with Gasteiger partial charge in [-0.25, -0.2) is 0 Å². The van der Waals surface area contributed by atoms with Gasteiger partial charge in [0.15, 0.2) is 0 Å². The Kier molecular flexibility index (Phi) is 14.3. The number of nitrogens with zero attached hydrogens (tertiary/aromatic N) is 4. The number of aliphatic hydroxyl groups is 1. The van der Waals surface area contributed by atoms with Crippen LogP contribution in [0.4, 0.5) is 0 Å². The zero-order chi connectivity index (χ0) is 41.2. The lowest BCUT2D eigenvalue weighted by Crippen LogP contribution is -2.46. The predicted octanol–water partition coefficient (Wildman–Crippen LogP) is 7.42. The number of nitriles is 1. The van der Waals surface area contributed by atoms with Gasteiger partial charge in [0.2, 0.25) is 0 Å². The van der Waals surface area contributed by atoms with Gasteiger partial charge in [-0.1, -0.05) is 48.4 Å². The fourth-order valence-electron chi connectivity index (χ4n) is 7.88. The molecule has 2 aliphatic heterocycles. The van der Waals surface area contributed by atoms with Crippen molar-refractivity contribution in [3.8, 4) is 34.4 Å². The van der Waals surface area contributed by atoms with Crippen molar-refractivity contribution >= 4 is 23.5 Å². The number of benzene rings is 3. The third-order valence-corrected chi connectivity index (χ3v) is 11.9. The number of pyridine rings is 1. The van der Waals surface area contributed by atoms with Crippen LogP contribution >= 0.6 is 11.6 Å². The smallest absolute Gasteiger partial charge is 0.320 e. The number of likely N-dealkylation sites (tertiary alicyclic amines) is 2. The quantitative estimate of drug-likeness (QED) is 0.0906.